The molecule has 15 heteroatoms. The molecular formula is C21H22F3N2O9P. The molecule has 2 aromatic rings. The van der Waals surface area contributed by atoms with Gasteiger partial charge in [-0.05, 0) is 29.7 Å². The minimum absolute atomic E-state index is 0.00600. The molecule has 11 nitrogen and oxygen atoms in total. The minimum atomic E-state index is -5.14. The molecule has 3 N–H and O–H groups in total. The van der Waals surface area contributed by atoms with Gasteiger partial charge in [-0.1, -0.05) is 30.3 Å². The fourth-order valence-electron chi connectivity index (χ4n) is 2.93. The number of alkyl halides is 3. The van der Waals surface area contributed by atoms with Gasteiger partial charge in [-0.15, -0.1) is 0 Å². The first-order valence-corrected chi connectivity index (χ1v) is 12.2. The molecule has 0 saturated heterocycles. The SMILES string of the molecule is O=C(CCCP(=O)(O)[C@H](O)c1ccc([N+](=O)[O-])c(C(F)(F)F)c1)OCNC(=O)OCc1ccccc1. The zero-order valence-corrected chi connectivity index (χ0v) is 19.4. The molecule has 0 saturated carbocycles. The van der Waals surface area contributed by atoms with Gasteiger partial charge in [0.2, 0.25) is 7.37 Å². The number of nitro benzene ring substituents is 1. The monoisotopic (exact) mass is 534 g/mol. The lowest BCUT2D eigenvalue weighted by Crippen LogP contribution is -2.28. The molecule has 0 radical (unpaired) electrons. The molecule has 2 aromatic carbocycles. The van der Waals surface area contributed by atoms with Crippen molar-refractivity contribution in [1.82, 2.24) is 5.32 Å². The van der Waals surface area contributed by atoms with E-state index in [0.29, 0.717) is 6.07 Å². The van der Waals surface area contributed by atoms with E-state index >= 15 is 0 Å². The molecule has 1 amide bonds. The number of hydrogen-bond donors (Lipinski definition) is 3. The first-order chi connectivity index (χ1) is 16.8. The largest absolute Gasteiger partial charge is 0.445 e. The summed E-state index contributed by atoms with van der Waals surface area (Å²) in [5.74, 6) is -3.13. The van der Waals surface area contributed by atoms with Gasteiger partial charge < -0.3 is 19.5 Å². The molecule has 0 bridgehead atoms. The molecule has 0 heterocycles. The molecule has 0 aliphatic rings. The highest BCUT2D eigenvalue weighted by atomic mass is 31.2. The van der Waals surface area contributed by atoms with Gasteiger partial charge in [0, 0.05) is 18.6 Å². The second kappa shape index (κ2) is 12.5. The summed E-state index contributed by atoms with van der Waals surface area (Å²) in [6.45, 7) is -0.539. The quantitative estimate of drug-likeness (QED) is 0.127. The smallest absolute Gasteiger partial charge is 0.423 e. The number of carbonyl (C=O) groups is 2. The van der Waals surface area contributed by atoms with E-state index in [2.05, 4.69) is 5.32 Å². The summed E-state index contributed by atoms with van der Waals surface area (Å²) in [7, 11) is -4.53. The number of benzene rings is 2. The van der Waals surface area contributed by atoms with E-state index in [-0.39, 0.29) is 19.1 Å². The minimum Gasteiger partial charge on any atom is -0.445 e. The van der Waals surface area contributed by atoms with Crippen molar-refractivity contribution in [2.75, 3.05) is 12.9 Å². The lowest BCUT2D eigenvalue weighted by atomic mass is 10.1. The van der Waals surface area contributed by atoms with Gasteiger partial charge in [0.1, 0.15) is 12.2 Å². The number of ether oxygens (including phenoxy) is 2. The number of rotatable bonds is 11. The zero-order valence-electron chi connectivity index (χ0n) is 18.5. The van der Waals surface area contributed by atoms with Gasteiger partial charge in [0.15, 0.2) is 12.6 Å². The number of nitro groups is 1. The van der Waals surface area contributed by atoms with Crippen molar-refractivity contribution in [3.8, 4) is 0 Å². The molecule has 0 aliphatic heterocycles. The van der Waals surface area contributed by atoms with E-state index in [1.807, 2.05) is 0 Å². The summed E-state index contributed by atoms with van der Waals surface area (Å²) >= 11 is 0. The van der Waals surface area contributed by atoms with Gasteiger partial charge >= 0.3 is 18.2 Å². The van der Waals surface area contributed by atoms with E-state index in [0.717, 1.165) is 11.6 Å². The Balaban J connectivity index is 1.81. The highest BCUT2D eigenvalue weighted by molar-refractivity contribution is 7.58. The Hall–Kier alpha value is -3.48. The van der Waals surface area contributed by atoms with Crippen molar-refractivity contribution in [2.24, 2.45) is 0 Å². The van der Waals surface area contributed by atoms with Crippen LogP contribution < -0.4 is 5.32 Å². The summed E-state index contributed by atoms with van der Waals surface area (Å²) in [6, 6.07) is 10.3. The molecule has 196 valence electrons. The number of esters is 1. The van der Waals surface area contributed by atoms with Crippen LogP contribution in [0.4, 0.5) is 23.7 Å². The second-order valence-corrected chi connectivity index (χ2v) is 9.83. The maximum atomic E-state index is 13.1. The van der Waals surface area contributed by atoms with Crippen molar-refractivity contribution in [2.45, 2.75) is 31.5 Å². The predicted molar refractivity (Wildman–Crippen MR) is 118 cm³/mol. The average Bonchev–Trinajstić information content (AvgIpc) is 2.81. The van der Waals surface area contributed by atoms with E-state index in [1.165, 1.54) is 0 Å². The number of nitrogens with zero attached hydrogens (tertiary/aromatic N) is 1. The van der Waals surface area contributed by atoms with Crippen LogP contribution in [0.2, 0.25) is 0 Å². The van der Waals surface area contributed by atoms with Crippen molar-refractivity contribution in [1.29, 1.82) is 0 Å². The van der Waals surface area contributed by atoms with Crippen LogP contribution in [0.5, 0.6) is 0 Å². The molecule has 0 aliphatic carbocycles. The van der Waals surface area contributed by atoms with Gasteiger partial charge in [0.25, 0.3) is 5.69 Å². The molecular weight excluding hydrogens is 512 g/mol. The summed E-state index contributed by atoms with van der Waals surface area (Å²) in [6.07, 6.45) is -7.32. The van der Waals surface area contributed by atoms with E-state index in [4.69, 9.17) is 9.47 Å². The first-order valence-electron chi connectivity index (χ1n) is 10.3. The summed E-state index contributed by atoms with van der Waals surface area (Å²) < 4.78 is 61.4. The molecule has 0 aromatic heterocycles. The molecule has 1 unspecified atom stereocenters. The predicted octanol–water partition coefficient (Wildman–Crippen LogP) is 4.08. The van der Waals surface area contributed by atoms with E-state index < -0.39 is 72.5 Å². The topological polar surface area (TPSA) is 165 Å². The third kappa shape index (κ3) is 8.63. The molecule has 0 spiro atoms. The standard InChI is InChI=1S/C21H22F3N2O9P/c22-21(23,24)16-11-15(8-9-17(16)26(30)31)19(28)36(32,33)10-4-7-18(27)35-13-25-20(29)34-12-14-5-2-1-3-6-14/h1-3,5-6,8-9,11,19,28H,4,7,10,12-13H2,(H,25,29)(H,32,33)/t19-/m0/s1. The Kier molecular flexibility index (Phi) is 9.96. The van der Waals surface area contributed by atoms with Gasteiger partial charge in [-0.25, -0.2) is 4.79 Å². The molecule has 0 fully saturated rings. The maximum Gasteiger partial charge on any atom is 0.423 e. The van der Waals surface area contributed by atoms with Crippen LogP contribution in [0.25, 0.3) is 0 Å². The van der Waals surface area contributed by atoms with Crippen LogP contribution in [0.15, 0.2) is 48.5 Å². The molecule has 2 rings (SSSR count). The number of aliphatic hydroxyl groups is 1. The summed E-state index contributed by atoms with van der Waals surface area (Å²) in [4.78, 5) is 43.0. The Bertz CT molecular complexity index is 1130. The van der Waals surface area contributed by atoms with Crippen LogP contribution in [0, 0.1) is 10.1 Å². The average molecular weight is 534 g/mol. The fourth-order valence-corrected chi connectivity index (χ4v) is 4.41. The number of amides is 1. The Labute approximate surface area is 202 Å². The lowest BCUT2D eigenvalue weighted by molar-refractivity contribution is -0.388. The summed E-state index contributed by atoms with van der Waals surface area (Å²) in [5.41, 5.74) is -2.85. The van der Waals surface area contributed by atoms with Crippen LogP contribution in [0.3, 0.4) is 0 Å². The summed E-state index contributed by atoms with van der Waals surface area (Å²) in [5, 5.41) is 23.1. The Morgan fingerprint density at radius 2 is 1.81 bits per heavy atom. The third-order valence-electron chi connectivity index (χ3n) is 4.72. The lowest BCUT2D eigenvalue weighted by Gasteiger charge is -2.19. The van der Waals surface area contributed by atoms with Crippen molar-refractivity contribution in [3.63, 3.8) is 0 Å². The maximum absolute atomic E-state index is 13.1. The number of carbonyl (C=O) groups excluding carboxylic acids is 2. The van der Waals surface area contributed by atoms with Crippen LogP contribution >= 0.6 is 7.37 Å². The Morgan fingerprint density at radius 3 is 2.42 bits per heavy atom. The van der Waals surface area contributed by atoms with Crippen molar-refractivity contribution < 1.29 is 51.7 Å². The third-order valence-corrected chi connectivity index (χ3v) is 6.74. The molecule has 2 atom stereocenters. The van der Waals surface area contributed by atoms with Crippen LogP contribution in [0.1, 0.15) is 35.4 Å². The molecule has 36 heavy (non-hydrogen) atoms. The number of alkyl carbamates (subject to hydrolysis) is 1. The zero-order chi connectivity index (χ0) is 26.9. The fraction of sp³-hybridized carbons (Fsp3) is 0.333. The normalized spacial score (nSPS) is 13.8. The van der Waals surface area contributed by atoms with E-state index in [9.17, 15) is 47.4 Å². The number of aliphatic hydroxyl groups excluding tert-OH is 1. The van der Waals surface area contributed by atoms with Gasteiger partial charge in [-0.2, -0.15) is 13.2 Å². The van der Waals surface area contributed by atoms with Gasteiger partial charge in [-0.3, -0.25) is 24.8 Å². The highest BCUT2D eigenvalue weighted by Crippen LogP contribution is 2.55. The van der Waals surface area contributed by atoms with E-state index in [1.54, 1.807) is 30.3 Å². The number of nitrogens with one attached hydrogen (secondary N) is 1. The second-order valence-electron chi connectivity index (χ2n) is 7.39. The number of hydrogen-bond acceptors (Lipinski definition) is 8. The van der Waals surface area contributed by atoms with Gasteiger partial charge in [0.05, 0.1) is 4.92 Å². The highest BCUT2D eigenvalue weighted by Gasteiger charge is 2.40. The number of halogens is 3. The van der Waals surface area contributed by atoms with Crippen LogP contribution in [-0.2, 0) is 31.6 Å². The Morgan fingerprint density at radius 1 is 1.14 bits per heavy atom. The van der Waals surface area contributed by atoms with Crippen LogP contribution in [-0.4, -0.2) is 39.9 Å². The van der Waals surface area contributed by atoms with Crippen molar-refractivity contribution in [3.05, 3.63) is 75.3 Å². The first kappa shape index (κ1) is 28.8. The van der Waals surface area contributed by atoms with Crippen molar-refractivity contribution >= 4 is 25.1 Å².